The summed E-state index contributed by atoms with van der Waals surface area (Å²) in [6, 6.07) is 21.1. The zero-order valence-electron chi connectivity index (χ0n) is 18.6. The molecule has 1 amide bonds. The third kappa shape index (κ3) is 6.26. The third-order valence-electron chi connectivity index (χ3n) is 5.07. The van der Waals surface area contributed by atoms with Gasteiger partial charge < -0.3 is 14.5 Å². The summed E-state index contributed by atoms with van der Waals surface area (Å²) < 4.78 is 23.7. The van der Waals surface area contributed by atoms with Gasteiger partial charge in [-0.1, -0.05) is 42.5 Å². The van der Waals surface area contributed by atoms with Crippen molar-refractivity contribution in [2.45, 2.75) is 12.8 Å². The summed E-state index contributed by atoms with van der Waals surface area (Å²) in [5, 5.41) is 2.62. The number of para-hydroxylation sites is 1. The third-order valence-corrected chi connectivity index (χ3v) is 5.07. The number of nitrogens with one attached hydrogen (secondary N) is 1. The van der Waals surface area contributed by atoms with E-state index in [0.29, 0.717) is 34.0 Å². The highest BCUT2D eigenvalue weighted by molar-refractivity contribution is 6.13. The first-order chi connectivity index (χ1) is 17.0. The second-order valence-corrected chi connectivity index (χ2v) is 7.57. The number of rotatable bonds is 9. The van der Waals surface area contributed by atoms with E-state index in [1.54, 1.807) is 60.7 Å². The quantitative estimate of drug-likeness (QED) is 0.277. The number of carbonyl (C=O) groups excluding carboxylic acids is 3. The van der Waals surface area contributed by atoms with Gasteiger partial charge in [-0.15, -0.1) is 0 Å². The highest BCUT2D eigenvalue weighted by Gasteiger charge is 2.16. The molecule has 0 aliphatic carbocycles. The Kier molecular flexibility index (Phi) is 7.42. The Bertz CT molecular complexity index is 1330. The van der Waals surface area contributed by atoms with Crippen LogP contribution in [0.4, 0.5) is 10.1 Å². The Morgan fingerprint density at radius 1 is 0.914 bits per heavy atom. The number of hydrogen-bond donors (Lipinski definition) is 1. The van der Waals surface area contributed by atoms with Crippen LogP contribution >= 0.6 is 0 Å². The molecule has 0 saturated heterocycles. The number of aryl methyl sites for hydroxylation is 1. The lowest BCUT2D eigenvalue weighted by Gasteiger charge is -2.11. The van der Waals surface area contributed by atoms with Crippen LogP contribution in [0.1, 0.15) is 28.2 Å². The SMILES string of the molecule is O=C(COC(=O)CCc1ncc(-c2ccc(F)cc2)o1)Nc1ccccc1C(=O)c1ccccc1. The van der Waals surface area contributed by atoms with E-state index in [1.165, 1.54) is 18.3 Å². The Balaban J connectivity index is 1.27. The van der Waals surface area contributed by atoms with Crippen molar-refractivity contribution >= 4 is 23.3 Å². The van der Waals surface area contributed by atoms with Gasteiger partial charge in [-0.25, -0.2) is 9.37 Å². The number of anilines is 1. The molecule has 0 saturated carbocycles. The van der Waals surface area contributed by atoms with Crippen molar-refractivity contribution in [3.8, 4) is 11.3 Å². The number of benzene rings is 3. The van der Waals surface area contributed by atoms with Crippen LogP contribution in [0.3, 0.4) is 0 Å². The molecule has 4 rings (SSSR count). The predicted molar refractivity (Wildman–Crippen MR) is 126 cm³/mol. The minimum absolute atomic E-state index is 0.0419. The van der Waals surface area contributed by atoms with E-state index < -0.39 is 18.5 Å². The number of ketones is 1. The van der Waals surface area contributed by atoms with Crippen molar-refractivity contribution in [2.75, 3.05) is 11.9 Å². The first kappa shape index (κ1) is 23.6. The molecular formula is C27H21FN2O5. The number of halogens is 1. The summed E-state index contributed by atoms with van der Waals surface area (Å²) in [7, 11) is 0. The Labute approximate surface area is 200 Å². The molecule has 0 spiro atoms. The molecule has 0 aliphatic rings. The van der Waals surface area contributed by atoms with Gasteiger partial charge >= 0.3 is 5.97 Å². The number of aromatic nitrogens is 1. The van der Waals surface area contributed by atoms with E-state index in [1.807, 2.05) is 6.07 Å². The fourth-order valence-corrected chi connectivity index (χ4v) is 3.32. The predicted octanol–water partition coefficient (Wildman–Crippen LogP) is 4.83. The van der Waals surface area contributed by atoms with E-state index in [0.717, 1.165) is 0 Å². The summed E-state index contributed by atoms with van der Waals surface area (Å²) in [5.74, 6) is -0.983. The monoisotopic (exact) mass is 472 g/mol. The average molecular weight is 472 g/mol. The van der Waals surface area contributed by atoms with Crippen LogP contribution in [0, 0.1) is 5.82 Å². The Morgan fingerprint density at radius 2 is 1.63 bits per heavy atom. The second kappa shape index (κ2) is 11.0. The number of ether oxygens (including phenoxy) is 1. The smallest absolute Gasteiger partial charge is 0.306 e. The first-order valence-corrected chi connectivity index (χ1v) is 10.8. The molecule has 176 valence electrons. The van der Waals surface area contributed by atoms with Gasteiger partial charge in [0.05, 0.1) is 18.3 Å². The zero-order chi connectivity index (χ0) is 24.6. The molecule has 0 aliphatic heterocycles. The second-order valence-electron chi connectivity index (χ2n) is 7.57. The Hall–Kier alpha value is -4.59. The van der Waals surface area contributed by atoms with E-state index in [4.69, 9.17) is 9.15 Å². The molecule has 1 heterocycles. The topological polar surface area (TPSA) is 98.5 Å². The summed E-state index contributed by atoms with van der Waals surface area (Å²) in [4.78, 5) is 41.3. The average Bonchev–Trinajstić information content (AvgIpc) is 3.36. The fourth-order valence-electron chi connectivity index (χ4n) is 3.32. The molecule has 0 atom stereocenters. The molecular weight excluding hydrogens is 451 g/mol. The van der Waals surface area contributed by atoms with Gasteiger partial charge in [0.25, 0.3) is 5.91 Å². The van der Waals surface area contributed by atoms with Crippen LogP contribution in [-0.4, -0.2) is 29.3 Å². The molecule has 0 bridgehead atoms. The molecule has 0 radical (unpaired) electrons. The minimum atomic E-state index is -0.602. The van der Waals surface area contributed by atoms with Crippen molar-refractivity contribution in [3.63, 3.8) is 0 Å². The van der Waals surface area contributed by atoms with E-state index in [2.05, 4.69) is 10.3 Å². The summed E-state index contributed by atoms with van der Waals surface area (Å²) in [6.07, 6.45) is 1.63. The van der Waals surface area contributed by atoms with Gasteiger partial charge in [0, 0.05) is 23.1 Å². The zero-order valence-corrected chi connectivity index (χ0v) is 18.6. The number of oxazole rings is 1. The van der Waals surface area contributed by atoms with Crippen molar-refractivity contribution in [3.05, 3.63) is 108 Å². The lowest BCUT2D eigenvalue weighted by Crippen LogP contribution is -2.22. The number of hydrogen-bond acceptors (Lipinski definition) is 6. The number of esters is 1. The number of carbonyl (C=O) groups is 3. The normalized spacial score (nSPS) is 10.5. The molecule has 8 heteroatoms. The van der Waals surface area contributed by atoms with Gasteiger partial charge in [-0.2, -0.15) is 0 Å². The highest BCUT2D eigenvalue weighted by atomic mass is 19.1. The summed E-state index contributed by atoms with van der Waals surface area (Å²) >= 11 is 0. The van der Waals surface area contributed by atoms with Crippen molar-refractivity contribution in [2.24, 2.45) is 0 Å². The maximum Gasteiger partial charge on any atom is 0.306 e. The molecule has 35 heavy (non-hydrogen) atoms. The van der Waals surface area contributed by atoms with Gasteiger partial charge in [-0.3, -0.25) is 14.4 Å². The van der Waals surface area contributed by atoms with Crippen LogP contribution in [0.15, 0.2) is 89.5 Å². The number of amides is 1. The highest BCUT2D eigenvalue weighted by Crippen LogP contribution is 2.21. The van der Waals surface area contributed by atoms with Crippen LogP contribution in [-0.2, 0) is 20.7 Å². The van der Waals surface area contributed by atoms with Crippen LogP contribution in [0.2, 0.25) is 0 Å². The summed E-state index contributed by atoms with van der Waals surface area (Å²) in [5.41, 5.74) is 1.82. The van der Waals surface area contributed by atoms with Gasteiger partial charge in [-0.05, 0) is 36.4 Å². The molecule has 1 N–H and O–H groups in total. The maximum atomic E-state index is 13.1. The summed E-state index contributed by atoms with van der Waals surface area (Å²) in [6.45, 7) is -0.501. The van der Waals surface area contributed by atoms with E-state index >= 15 is 0 Å². The van der Waals surface area contributed by atoms with Crippen LogP contribution in [0.5, 0.6) is 0 Å². The molecule has 7 nitrogen and oxygen atoms in total. The van der Waals surface area contributed by atoms with Crippen LogP contribution < -0.4 is 5.32 Å². The maximum absolute atomic E-state index is 13.1. The molecule has 1 aromatic heterocycles. The minimum Gasteiger partial charge on any atom is -0.456 e. The van der Waals surface area contributed by atoms with Crippen molar-refractivity contribution in [1.82, 2.24) is 4.98 Å². The van der Waals surface area contributed by atoms with Crippen molar-refractivity contribution in [1.29, 1.82) is 0 Å². The molecule has 0 fully saturated rings. The Morgan fingerprint density at radius 3 is 2.40 bits per heavy atom. The largest absolute Gasteiger partial charge is 0.456 e. The lowest BCUT2D eigenvalue weighted by molar-refractivity contribution is -0.147. The van der Waals surface area contributed by atoms with Crippen LogP contribution in [0.25, 0.3) is 11.3 Å². The molecule has 0 unspecified atom stereocenters. The van der Waals surface area contributed by atoms with E-state index in [-0.39, 0.29) is 24.4 Å². The molecule has 4 aromatic rings. The van der Waals surface area contributed by atoms with Gasteiger partial charge in [0.2, 0.25) is 0 Å². The van der Waals surface area contributed by atoms with E-state index in [9.17, 15) is 18.8 Å². The lowest BCUT2D eigenvalue weighted by atomic mass is 10.0. The van der Waals surface area contributed by atoms with Gasteiger partial charge in [0.15, 0.2) is 24.0 Å². The van der Waals surface area contributed by atoms with Gasteiger partial charge in [0.1, 0.15) is 5.82 Å². The first-order valence-electron chi connectivity index (χ1n) is 10.8. The fraction of sp³-hybridized carbons (Fsp3) is 0.111. The molecule has 3 aromatic carbocycles. The standard InChI is InChI=1S/C27H21FN2O5/c28-20-12-10-18(11-13-20)23-16-29-25(35-23)14-15-26(32)34-17-24(31)30-22-9-5-4-8-21(22)27(33)19-6-2-1-3-7-19/h1-13,16H,14-15,17H2,(H,30,31). The van der Waals surface area contributed by atoms with Crippen molar-refractivity contribution < 1.29 is 27.9 Å². The number of nitrogens with zero attached hydrogens (tertiary/aromatic N) is 1.